The smallest absolute Gasteiger partial charge is 0.242 e. The van der Waals surface area contributed by atoms with Crippen molar-refractivity contribution >= 4 is 23.4 Å². The minimum atomic E-state index is -0.348. The highest BCUT2D eigenvalue weighted by Crippen LogP contribution is 2.36. The van der Waals surface area contributed by atoms with E-state index in [9.17, 15) is 4.79 Å². The number of nitrogens with zero attached hydrogens (tertiary/aromatic N) is 1. The van der Waals surface area contributed by atoms with Gasteiger partial charge in [0.05, 0.1) is 5.69 Å². The Morgan fingerprint density at radius 1 is 0.893 bits per heavy atom. The van der Waals surface area contributed by atoms with Crippen LogP contribution in [0.5, 0.6) is 0 Å². The van der Waals surface area contributed by atoms with Crippen LogP contribution in [-0.2, 0) is 4.79 Å². The molecular weight excluding hydrogens is 366 g/mol. The summed E-state index contributed by atoms with van der Waals surface area (Å²) >= 11 is 1.54. The zero-order chi connectivity index (χ0) is 19.2. The quantitative estimate of drug-likeness (QED) is 0.428. The first-order valence-corrected chi connectivity index (χ1v) is 9.85. The van der Waals surface area contributed by atoms with Gasteiger partial charge in [-0.2, -0.15) is 5.10 Å². The average Bonchev–Trinajstić information content (AvgIpc) is 3.28. The van der Waals surface area contributed by atoms with Crippen LogP contribution in [0, 0.1) is 0 Å². The highest BCUT2D eigenvalue weighted by atomic mass is 32.2. The molecule has 0 fully saturated rings. The molecule has 4 rings (SSSR count). The fourth-order valence-electron chi connectivity index (χ4n) is 2.92. The van der Waals surface area contributed by atoms with Crippen LogP contribution in [0.4, 0.5) is 5.69 Å². The third-order valence-corrected chi connectivity index (χ3v) is 5.55. The van der Waals surface area contributed by atoms with Gasteiger partial charge in [-0.15, -0.1) is 11.8 Å². The number of carbonyl (C=O) groups excluding carboxylic acids is 1. The molecule has 0 saturated heterocycles. The number of nitrogens with one attached hydrogen (secondary N) is 2. The van der Waals surface area contributed by atoms with Gasteiger partial charge in [0.2, 0.25) is 5.91 Å². The van der Waals surface area contributed by atoms with Crippen molar-refractivity contribution in [1.29, 1.82) is 0 Å². The Morgan fingerprint density at radius 3 is 2.36 bits per heavy atom. The van der Waals surface area contributed by atoms with Gasteiger partial charge in [-0.05, 0) is 35.9 Å². The number of aromatic amines is 1. The number of H-pyrrole nitrogens is 1. The number of thioether (sulfide) groups is 1. The predicted molar refractivity (Wildman–Crippen MR) is 114 cm³/mol. The highest BCUT2D eigenvalue weighted by molar-refractivity contribution is 8.00. The molecule has 1 atom stereocenters. The zero-order valence-corrected chi connectivity index (χ0v) is 15.9. The summed E-state index contributed by atoms with van der Waals surface area (Å²) < 4.78 is 0. The van der Waals surface area contributed by atoms with Crippen LogP contribution >= 0.6 is 11.8 Å². The van der Waals surface area contributed by atoms with E-state index in [1.165, 1.54) is 0 Å². The first kappa shape index (κ1) is 18.1. The molecular formula is C23H19N3OS. The van der Waals surface area contributed by atoms with Gasteiger partial charge in [0.25, 0.3) is 0 Å². The maximum absolute atomic E-state index is 13.2. The number of rotatable bonds is 6. The van der Waals surface area contributed by atoms with Gasteiger partial charge in [-0.3, -0.25) is 9.89 Å². The molecule has 1 aromatic heterocycles. The van der Waals surface area contributed by atoms with Gasteiger partial charge in [0, 0.05) is 22.3 Å². The summed E-state index contributed by atoms with van der Waals surface area (Å²) in [6.45, 7) is 0. The maximum atomic E-state index is 13.2. The molecule has 1 amide bonds. The predicted octanol–water partition coefficient (Wildman–Crippen LogP) is 5.55. The minimum absolute atomic E-state index is 0.0539. The van der Waals surface area contributed by atoms with Crippen molar-refractivity contribution in [2.24, 2.45) is 0 Å². The third-order valence-electron chi connectivity index (χ3n) is 4.28. The van der Waals surface area contributed by atoms with Crippen LogP contribution in [0.15, 0.2) is 102 Å². The second-order valence-electron chi connectivity index (χ2n) is 6.26. The lowest BCUT2D eigenvalue weighted by Gasteiger charge is -2.17. The summed E-state index contributed by atoms with van der Waals surface area (Å²) in [5, 5.41) is 9.66. The molecule has 0 aliphatic carbocycles. The summed E-state index contributed by atoms with van der Waals surface area (Å²) in [5.41, 5.74) is 3.61. The largest absolute Gasteiger partial charge is 0.325 e. The van der Waals surface area contributed by atoms with Gasteiger partial charge >= 0.3 is 0 Å². The molecule has 0 saturated carbocycles. The van der Waals surface area contributed by atoms with Crippen molar-refractivity contribution in [2.75, 3.05) is 5.32 Å². The Kier molecular flexibility index (Phi) is 5.54. The van der Waals surface area contributed by atoms with Crippen molar-refractivity contribution in [3.8, 4) is 11.3 Å². The van der Waals surface area contributed by atoms with E-state index in [0.717, 1.165) is 27.4 Å². The van der Waals surface area contributed by atoms with E-state index >= 15 is 0 Å². The van der Waals surface area contributed by atoms with E-state index in [4.69, 9.17) is 0 Å². The Morgan fingerprint density at radius 2 is 1.64 bits per heavy atom. The molecule has 4 aromatic rings. The Balaban J connectivity index is 1.58. The van der Waals surface area contributed by atoms with Crippen molar-refractivity contribution in [3.05, 3.63) is 103 Å². The molecule has 0 spiro atoms. The number of aromatic nitrogens is 2. The second kappa shape index (κ2) is 8.59. The summed E-state index contributed by atoms with van der Waals surface area (Å²) in [6.07, 6.45) is 1.71. The maximum Gasteiger partial charge on any atom is 0.242 e. The summed E-state index contributed by atoms with van der Waals surface area (Å²) in [7, 11) is 0. The average molecular weight is 385 g/mol. The number of anilines is 1. The summed E-state index contributed by atoms with van der Waals surface area (Å²) in [5.74, 6) is -0.0539. The number of benzene rings is 3. The normalized spacial score (nSPS) is 11.7. The van der Waals surface area contributed by atoms with Crippen molar-refractivity contribution < 1.29 is 4.79 Å². The third kappa shape index (κ3) is 4.32. The van der Waals surface area contributed by atoms with E-state index in [0.29, 0.717) is 0 Å². The molecule has 1 unspecified atom stereocenters. The second-order valence-corrected chi connectivity index (χ2v) is 7.44. The van der Waals surface area contributed by atoms with Gasteiger partial charge in [0.1, 0.15) is 5.25 Å². The lowest BCUT2D eigenvalue weighted by molar-refractivity contribution is -0.115. The Labute approximate surface area is 168 Å². The lowest BCUT2D eigenvalue weighted by Crippen LogP contribution is -2.19. The van der Waals surface area contributed by atoms with E-state index in [1.54, 1.807) is 18.0 Å². The molecule has 3 aromatic carbocycles. The fourth-order valence-corrected chi connectivity index (χ4v) is 3.97. The Hall–Kier alpha value is -3.31. The molecule has 0 aliphatic rings. The van der Waals surface area contributed by atoms with Crippen molar-refractivity contribution in [3.63, 3.8) is 0 Å². The number of hydrogen-bond donors (Lipinski definition) is 2. The standard InChI is InChI=1S/C23H19N3OS/c27-23(25-19-11-7-10-18(16-19)21-14-15-24-26-21)22(17-8-3-1-4-9-17)28-20-12-5-2-6-13-20/h1-16,22H,(H,24,26)(H,25,27). The van der Waals surface area contributed by atoms with Crippen LogP contribution in [0.25, 0.3) is 11.3 Å². The lowest BCUT2D eigenvalue weighted by atomic mass is 10.1. The Bertz CT molecular complexity index is 1030. The summed E-state index contributed by atoms with van der Waals surface area (Å²) in [4.78, 5) is 14.2. The van der Waals surface area contributed by atoms with E-state index in [2.05, 4.69) is 15.5 Å². The van der Waals surface area contributed by atoms with E-state index < -0.39 is 0 Å². The van der Waals surface area contributed by atoms with Crippen LogP contribution in [0.2, 0.25) is 0 Å². The molecule has 2 N–H and O–H groups in total. The number of amides is 1. The molecule has 1 heterocycles. The van der Waals surface area contributed by atoms with Crippen LogP contribution in [0.1, 0.15) is 10.8 Å². The molecule has 0 bridgehead atoms. The fraction of sp³-hybridized carbons (Fsp3) is 0.0435. The first-order chi connectivity index (χ1) is 13.8. The van der Waals surface area contributed by atoms with Crippen molar-refractivity contribution in [1.82, 2.24) is 10.2 Å². The first-order valence-electron chi connectivity index (χ1n) is 8.97. The monoisotopic (exact) mass is 385 g/mol. The molecule has 5 heteroatoms. The van der Waals surface area contributed by atoms with Crippen LogP contribution in [-0.4, -0.2) is 16.1 Å². The van der Waals surface area contributed by atoms with Crippen LogP contribution in [0.3, 0.4) is 0 Å². The number of carbonyl (C=O) groups is 1. The van der Waals surface area contributed by atoms with Crippen molar-refractivity contribution in [2.45, 2.75) is 10.1 Å². The van der Waals surface area contributed by atoms with Gasteiger partial charge in [-0.1, -0.05) is 60.7 Å². The number of hydrogen-bond acceptors (Lipinski definition) is 3. The molecule has 4 nitrogen and oxygen atoms in total. The topological polar surface area (TPSA) is 57.8 Å². The van der Waals surface area contributed by atoms with Gasteiger partial charge in [-0.25, -0.2) is 0 Å². The zero-order valence-electron chi connectivity index (χ0n) is 15.1. The minimum Gasteiger partial charge on any atom is -0.325 e. The molecule has 0 radical (unpaired) electrons. The molecule has 138 valence electrons. The van der Waals surface area contributed by atoms with Gasteiger partial charge < -0.3 is 5.32 Å². The summed E-state index contributed by atoms with van der Waals surface area (Å²) in [6, 6.07) is 29.5. The van der Waals surface area contributed by atoms with Crippen LogP contribution < -0.4 is 5.32 Å². The van der Waals surface area contributed by atoms with Gasteiger partial charge in [0.15, 0.2) is 0 Å². The molecule has 28 heavy (non-hydrogen) atoms. The SMILES string of the molecule is O=C(Nc1cccc(-c2ccn[nH]2)c1)C(Sc1ccccc1)c1ccccc1. The highest BCUT2D eigenvalue weighted by Gasteiger charge is 2.22. The molecule has 0 aliphatic heterocycles. The van der Waals surface area contributed by atoms with E-state index in [1.807, 2.05) is 91.0 Å². The van der Waals surface area contributed by atoms with E-state index in [-0.39, 0.29) is 11.2 Å².